The number of halogens is 6. The highest BCUT2D eigenvalue weighted by molar-refractivity contribution is 7.26. The van der Waals surface area contributed by atoms with Gasteiger partial charge in [0.2, 0.25) is 0 Å². The number of hydrogen-bond acceptors (Lipinski definition) is 2. The van der Waals surface area contributed by atoms with Crippen molar-refractivity contribution in [3.05, 3.63) is 241 Å². The summed E-state index contributed by atoms with van der Waals surface area (Å²) in [5.41, 5.74) is 5.22. The van der Waals surface area contributed by atoms with Crippen molar-refractivity contribution in [2.24, 2.45) is 0 Å². The fourth-order valence-electron chi connectivity index (χ4n) is 13.5. The predicted molar refractivity (Wildman–Crippen MR) is 330 cm³/mol. The van der Waals surface area contributed by atoms with E-state index in [1.54, 1.807) is 34.8 Å². The summed E-state index contributed by atoms with van der Waals surface area (Å²) >= 11 is 3.41. The Morgan fingerprint density at radius 1 is 0.317 bits per heavy atom. The summed E-state index contributed by atoms with van der Waals surface area (Å²) in [6, 6.07) is 70.7. The summed E-state index contributed by atoms with van der Waals surface area (Å²) in [5, 5.41) is 10.1. The normalized spacial score (nSPS) is 12.9. The highest BCUT2D eigenvalue weighted by atomic mass is 32.1. The Hall–Kier alpha value is -9.16. The van der Waals surface area contributed by atoms with Gasteiger partial charge in [-0.05, 0) is 116 Å². The number of benzene rings is 11. The van der Waals surface area contributed by atoms with Crippen LogP contribution in [0.1, 0.15) is 30.5 Å². The van der Waals surface area contributed by atoms with Crippen molar-refractivity contribution in [2.75, 3.05) is 0 Å². The number of para-hydroxylation sites is 4. The largest absolute Gasteiger partial charge is 0.416 e. The van der Waals surface area contributed by atoms with Crippen molar-refractivity contribution in [2.45, 2.75) is 31.7 Å². The molecule has 5 heterocycles. The van der Waals surface area contributed by atoms with Crippen LogP contribution in [0.2, 0.25) is 0 Å². The van der Waals surface area contributed by atoms with Crippen LogP contribution in [-0.4, -0.2) is 13.7 Å². The first-order valence-electron chi connectivity index (χ1n) is 27.0. The fourth-order valence-corrected chi connectivity index (χ4v) is 15.8. The molecule has 0 aliphatic rings. The third-order valence-corrected chi connectivity index (χ3v) is 19.1. The Bertz CT molecular complexity index is 5050. The quantitative estimate of drug-likeness (QED) is 0.147. The molecule has 0 aliphatic heterocycles. The van der Waals surface area contributed by atoms with Gasteiger partial charge < -0.3 is 13.7 Å². The van der Waals surface area contributed by atoms with E-state index in [2.05, 4.69) is 125 Å². The minimum absolute atomic E-state index is 0.241. The number of aromatic nitrogens is 3. The molecule has 396 valence electrons. The predicted octanol–water partition coefficient (Wildman–Crippen LogP) is 21.9. The zero-order chi connectivity index (χ0) is 55.6. The van der Waals surface area contributed by atoms with Crippen molar-refractivity contribution in [3.63, 3.8) is 0 Å². The van der Waals surface area contributed by atoms with Crippen LogP contribution in [0.3, 0.4) is 0 Å². The number of alkyl halides is 6. The molecule has 11 heteroatoms. The fraction of sp³-hybridized carbons (Fsp3) is 0.0704. The van der Waals surface area contributed by atoms with Gasteiger partial charge in [0.1, 0.15) is 0 Å². The lowest BCUT2D eigenvalue weighted by Gasteiger charge is -2.37. The van der Waals surface area contributed by atoms with Crippen LogP contribution in [0.25, 0.3) is 139 Å². The third kappa shape index (κ3) is 6.96. The minimum Gasteiger partial charge on any atom is -0.330 e. The van der Waals surface area contributed by atoms with E-state index in [0.717, 1.165) is 118 Å². The molecule has 0 saturated carbocycles. The summed E-state index contributed by atoms with van der Waals surface area (Å²) in [5.74, 6) is 0. The van der Waals surface area contributed by atoms with Gasteiger partial charge in [0, 0.05) is 100 Å². The average molecular weight is 1120 g/mol. The molecule has 0 spiro atoms. The SMILES string of the molecule is CC(C)(c1c(-n2c3ccccc3c3c4c(ccc32)sc2ccccc24)c(-c2cccc(C(F)(F)F)c2)cc(-c2cccc(C(F)(F)F)c2)c1-n1c2ccccc2c2c3c(ccc21)sc1ccccc13)n1c2ccccc2c2ccccc21. The van der Waals surface area contributed by atoms with Crippen molar-refractivity contribution in [1.29, 1.82) is 0 Å². The second-order valence-electron chi connectivity index (χ2n) is 21.7. The highest BCUT2D eigenvalue weighted by Crippen LogP contribution is 2.54. The monoisotopic (exact) mass is 1120 g/mol. The van der Waals surface area contributed by atoms with Gasteiger partial charge in [-0.15, -0.1) is 22.7 Å². The maximum atomic E-state index is 15.4. The summed E-state index contributed by atoms with van der Waals surface area (Å²) in [6.45, 7) is 4.30. The molecule has 0 radical (unpaired) electrons. The molecule has 0 fully saturated rings. The first-order chi connectivity index (χ1) is 39.7. The van der Waals surface area contributed by atoms with Crippen LogP contribution in [0, 0.1) is 0 Å². The number of hydrogen-bond donors (Lipinski definition) is 0. The average Bonchev–Trinajstić information content (AvgIpc) is 2.57. The van der Waals surface area contributed by atoms with E-state index in [4.69, 9.17) is 0 Å². The van der Waals surface area contributed by atoms with Crippen molar-refractivity contribution >= 4 is 128 Å². The molecule has 0 saturated heterocycles. The van der Waals surface area contributed by atoms with E-state index < -0.39 is 29.0 Å². The van der Waals surface area contributed by atoms with E-state index in [9.17, 15) is 0 Å². The topological polar surface area (TPSA) is 14.8 Å². The second kappa shape index (κ2) is 17.4. The number of nitrogens with zero attached hydrogens (tertiary/aromatic N) is 3. The Morgan fingerprint density at radius 2 is 0.695 bits per heavy atom. The van der Waals surface area contributed by atoms with Gasteiger partial charge in [-0.25, -0.2) is 0 Å². The summed E-state index contributed by atoms with van der Waals surface area (Å²) < 4.78 is 103. The molecule has 16 aromatic rings. The Kier molecular flexibility index (Phi) is 10.4. The van der Waals surface area contributed by atoms with Crippen LogP contribution < -0.4 is 0 Å². The molecule has 11 aromatic carbocycles. The summed E-state index contributed by atoms with van der Waals surface area (Å²) in [6.07, 6.45) is -9.46. The molecule has 5 aromatic heterocycles. The first-order valence-corrected chi connectivity index (χ1v) is 28.6. The second-order valence-corrected chi connectivity index (χ2v) is 23.9. The van der Waals surface area contributed by atoms with E-state index in [-0.39, 0.29) is 11.1 Å². The van der Waals surface area contributed by atoms with Gasteiger partial charge in [-0.2, -0.15) is 26.3 Å². The van der Waals surface area contributed by atoms with Gasteiger partial charge in [0.05, 0.1) is 50.1 Å². The molecule has 0 bridgehead atoms. The lowest BCUT2D eigenvalue weighted by Crippen LogP contribution is -2.31. The Labute approximate surface area is 472 Å². The molecule has 16 rings (SSSR count). The number of thiophene rings is 2. The molecule has 0 N–H and O–H groups in total. The lowest BCUT2D eigenvalue weighted by molar-refractivity contribution is -0.138. The standard InChI is InChI=1S/C71H43F6N3S2/c1-69(2,80-54-29-11-3-21-44(54)45-22-4-12-30-55(45)80)66-67(78-52-27-9-5-23-46(52)62-56(78)33-35-60-64(62)48-25-7-13-31-58(48)81-60)50(40-17-15-19-42(37-40)70(72,73)74)39-51(41-18-16-20-43(38-41)71(75,76)77)68(66)79-53-28-10-6-24-47(53)63-57(79)34-36-61-65(63)49-26-8-14-32-59(49)82-61/h3-39H,1-2H3. The van der Waals surface area contributed by atoms with E-state index >= 15 is 26.3 Å². The van der Waals surface area contributed by atoms with Gasteiger partial charge in [0.15, 0.2) is 0 Å². The van der Waals surface area contributed by atoms with Gasteiger partial charge >= 0.3 is 12.4 Å². The molecule has 0 unspecified atom stereocenters. The van der Waals surface area contributed by atoms with Crippen LogP contribution in [-0.2, 0) is 17.9 Å². The Morgan fingerprint density at radius 3 is 1.12 bits per heavy atom. The van der Waals surface area contributed by atoms with Crippen LogP contribution in [0.4, 0.5) is 26.3 Å². The molecule has 0 atom stereocenters. The van der Waals surface area contributed by atoms with E-state index in [1.165, 1.54) is 24.3 Å². The molecular formula is C71H43F6N3S2. The smallest absolute Gasteiger partial charge is 0.330 e. The van der Waals surface area contributed by atoms with E-state index in [0.29, 0.717) is 28.1 Å². The maximum absolute atomic E-state index is 15.4. The van der Waals surface area contributed by atoms with Crippen molar-refractivity contribution in [3.8, 4) is 33.6 Å². The van der Waals surface area contributed by atoms with Gasteiger partial charge in [-0.1, -0.05) is 133 Å². The summed E-state index contributed by atoms with van der Waals surface area (Å²) in [7, 11) is 0. The maximum Gasteiger partial charge on any atom is 0.416 e. The van der Waals surface area contributed by atoms with Crippen LogP contribution >= 0.6 is 22.7 Å². The molecule has 0 amide bonds. The molecule has 0 aliphatic carbocycles. The number of fused-ring (bicyclic) bond motifs is 17. The minimum atomic E-state index is -4.73. The van der Waals surface area contributed by atoms with Crippen LogP contribution in [0.15, 0.2) is 224 Å². The molecule has 82 heavy (non-hydrogen) atoms. The number of rotatable bonds is 6. The van der Waals surface area contributed by atoms with Crippen molar-refractivity contribution < 1.29 is 26.3 Å². The first kappa shape index (κ1) is 48.7. The highest BCUT2D eigenvalue weighted by Gasteiger charge is 2.40. The van der Waals surface area contributed by atoms with Crippen molar-refractivity contribution in [1.82, 2.24) is 13.7 Å². The zero-order valence-electron chi connectivity index (χ0n) is 43.8. The zero-order valence-corrected chi connectivity index (χ0v) is 45.4. The van der Waals surface area contributed by atoms with Gasteiger partial charge in [-0.3, -0.25) is 0 Å². The Balaban J connectivity index is 1.21. The van der Waals surface area contributed by atoms with Crippen LogP contribution in [0.5, 0.6) is 0 Å². The molecular weight excluding hydrogens is 1070 g/mol. The third-order valence-electron chi connectivity index (χ3n) is 16.8. The van der Waals surface area contributed by atoms with Gasteiger partial charge in [0.25, 0.3) is 0 Å². The lowest BCUT2D eigenvalue weighted by atomic mass is 9.82. The molecule has 3 nitrogen and oxygen atoms in total. The summed E-state index contributed by atoms with van der Waals surface area (Å²) in [4.78, 5) is 0. The van der Waals surface area contributed by atoms with E-state index in [1.807, 2.05) is 78.9 Å².